The Morgan fingerprint density at radius 2 is 2.20 bits per heavy atom. The number of carbonyl (C=O) groups excluding carboxylic acids is 1. The fourth-order valence-electron chi connectivity index (χ4n) is 1.56. The van der Waals surface area contributed by atoms with Gasteiger partial charge in [-0.1, -0.05) is 27.2 Å². The molecule has 0 bridgehead atoms. The quantitative estimate of drug-likeness (QED) is 0.456. The second-order valence-electron chi connectivity index (χ2n) is 3.81. The van der Waals surface area contributed by atoms with Crippen molar-refractivity contribution in [2.45, 2.75) is 0 Å². The second-order valence-corrected chi connectivity index (χ2v) is 4.72. The van der Waals surface area contributed by atoms with Gasteiger partial charge in [0.05, 0.1) is 6.21 Å². The largest absolute Gasteiger partial charge is 0.505 e. The van der Waals surface area contributed by atoms with E-state index < -0.39 is 5.91 Å². The molecule has 0 radical (unpaired) electrons. The smallest absolute Gasteiger partial charge is 0.278 e. The molecular formula is C13H10BrN3O3. The lowest BCUT2D eigenvalue weighted by molar-refractivity contribution is 0.101. The Morgan fingerprint density at radius 3 is 2.90 bits per heavy atom. The third-order valence-corrected chi connectivity index (χ3v) is 2.94. The minimum Gasteiger partial charge on any atom is -0.505 e. The standard InChI is InChI=1S/C13H10BrN3O3/c14-9-2-1-3-10(6-9)17-13(19)11-12(18)8(7-16-20)4-5-15-11/h1-7,18,20H,(H,17,19)/b16-7-. The molecular weight excluding hydrogens is 326 g/mol. The van der Waals surface area contributed by atoms with Crippen LogP contribution in [-0.4, -0.2) is 27.4 Å². The highest BCUT2D eigenvalue weighted by molar-refractivity contribution is 9.10. The van der Waals surface area contributed by atoms with Gasteiger partial charge in [0.25, 0.3) is 5.91 Å². The van der Waals surface area contributed by atoms with Gasteiger partial charge in [-0.15, -0.1) is 0 Å². The number of pyridine rings is 1. The van der Waals surface area contributed by atoms with Gasteiger partial charge in [0.15, 0.2) is 11.4 Å². The molecule has 0 saturated carbocycles. The number of rotatable bonds is 3. The molecule has 6 nitrogen and oxygen atoms in total. The molecule has 1 heterocycles. The van der Waals surface area contributed by atoms with Gasteiger partial charge in [0.1, 0.15) is 0 Å². The molecule has 2 aromatic rings. The Balaban J connectivity index is 2.28. The normalized spacial score (nSPS) is 10.7. The maximum Gasteiger partial charge on any atom is 0.278 e. The predicted molar refractivity (Wildman–Crippen MR) is 77.4 cm³/mol. The van der Waals surface area contributed by atoms with Gasteiger partial charge in [0, 0.05) is 21.9 Å². The van der Waals surface area contributed by atoms with E-state index in [0.29, 0.717) is 5.69 Å². The van der Waals surface area contributed by atoms with Crippen LogP contribution in [0.2, 0.25) is 0 Å². The molecule has 1 aromatic heterocycles. The lowest BCUT2D eigenvalue weighted by Gasteiger charge is -2.07. The highest BCUT2D eigenvalue weighted by Crippen LogP contribution is 2.21. The van der Waals surface area contributed by atoms with E-state index in [9.17, 15) is 9.90 Å². The molecule has 0 atom stereocenters. The van der Waals surface area contributed by atoms with Crippen molar-refractivity contribution >= 4 is 33.7 Å². The van der Waals surface area contributed by atoms with Crippen molar-refractivity contribution in [1.29, 1.82) is 0 Å². The highest BCUT2D eigenvalue weighted by Gasteiger charge is 2.15. The highest BCUT2D eigenvalue weighted by atomic mass is 79.9. The number of hydrogen-bond acceptors (Lipinski definition) is 5. The fraction of sp³-hybridized carbons (Fsp3) is 0. The van der Waals surface area contributed by atoms with Gasteiger partial charge in [-0.05, 0) is 24.3 Å². The van der Waals surface area contributed by atoms with E-state index in [1.807, 2.05) is 6.07 Å². The first-order chi connectivity index (χ1) is 9.61. The van der Waals surface area contributed by atoms with Crippen molar-refractivity contribution in [2.24, 2.45) is 5.16 Å². The number of anilines is 1. The second kappa shape index (κ2) is 6.16. The number of oxime groups is 1. The Labute approximate surface area is 122 Å². The van der Waals surface area contributed by atoms with Crippen LogP contribution in [0.15, 0.2) is 46.2 Å². The van der Waals surface area contributed by atoms with Gasteiger partial charge in [0.2, 0.25) is 0 Å². The van der Waals surface area contributed by atoms with Crippen molar-refractivity contribution in [1.82, 2.24) is 4.98 Å². The first-order valence-corrected chi connectivity index (χ1v) is 6.33. The van der Waals surface area contributed by atoms with Crippen molar-refractivity contribution in [3.8, 4) is 5.75 Å². The fourth-order valence-corrected chi connectivity index (χ4v) is 1.96. The van der Waals surface area contributed by atoms with Gasteiger partial charge < -0.3 is 15.6 Å². The summed E-state index contributed by atoms with van der Waals surface area (Å²) in [6, 6.07) is 8.43. The summed E-state index contributed by atoms with van der Waals surface area (Å²) in [7, 11) is 0. The lowest BCUT2D eigenvalue weighted by atomic mass is 10.2. The Kier molecular flexibility index (Phi) is 4.31. The third kappa shape index (κ3) is 3.12. The first-order valence-electron chi connectivity index (χ1n) is 5.54. The summed E-state index contributed by atoms with van der Waals surface area (Å²) in [4.78, 5) is 15.9. The van der Waals surface area contributed by atoms with Gasteiger partial charge >= 0.3 is 0 Å². The van der Waals surface area contributed by atoms with Crippen molar-refractivity contribution in [3.63, 3.8) is 0 Å². The zero-order chi connectivity index (χ0) is 14.5. The average molecular weight is 336 g/mol. The summed E-state index contributed by atoms with van der Waals surface area (Å²) in [6.45, 7) is 0. The lowest BCUT2D eigenvalue weighted by Crippen LogP contribution is -2.14. The molecule has 2 rings (SSSR count). The number of aromatic nitrogens is 1. The monoisotopic (exact) mass is 335 g/mol. The van der Waals surface area contributed by atoms with Crippen LogP contribution >= 0.6 is 15.9 Å². The van der Waals surface area contributed by atoms with Crippen LogP contribution in [0.3, 0.4) is 0 Å². The molecule has 20 heavy (non-hydrogen) atoms. The molecule has 0 aliphatic carbocycles. The van der Waals surface area contributed by atoms with E-state index >= 15 is 0 Å². The third-order valence-electron chi connectivity index (χ3n) is 2.45. The van der Waals surface area contributed by atoms with Gasteiger partial charge in [-0.2, -0.15) is 0 Å². The molecule has 7 heteroatoms. The maximum atomic E-state index is 12.0. The van der Waals surface area contributed by atoms with Crippen LogP contribution in [0, 0.1) is 0 Å². The number of carbonyl (C=O) groups is 1. The minimum atomic E-state index is -0.561. The predicted octanol–water partition coefficient (Wildman–Crippen LogP) is 2.61. The molecule has 0 spiro atoms. The van der Waals surface area contributed by atoms with E-state index in [-0.39, 0.29) is 17.0 Å². The molecule has 0 saturated heterocycles. The van der Waals surface area contributed by atoms with Crippen molar-refractivity contribution in [2.75, 3.05) is 5.32 Å². The molecule has 1 aromatic carbocycles. The van der Waals surface area contributed by atoms with Crippen LogP contribution in [0.4, 0.5) is 5.69 Å². The summed E-state index contributed by atoms with van der Waals surface area (Å²) >= 11 is 3.29. The zero-order valence-electron chi connectivity index (χ0n) is 10.1. The first kappa shape index (κ1) is 14.0. The van der Waals surface area contributed by atoms with Crippen LogP contribution in [-0.2, 0) is 0 Å². The topological polar surface area (TPSA) is 94.8 Å². The Morgan fingerprint density at radius 1 is 1.40 bits per heavy atom. The number of aromatic hydroxyl groups is 1. The minimum absolute atomic E-state index is 0.151. The average Bonchev–Trinajstić information content (AvgIpc) is 2.41. The zero-order valence-corrected chi connectivity index (χ0v) is 11.7. The van der Waals surface area contributed by atoms with Gasteiger partial charge in [-0.25, -0.2) is 4.98 Å². The molecule has 0 fully saturated rings. The number of benzene rings is 1. The van der Waals surface area contributed by atoms with E-state index in [0.717, 1.165) is 10.7 Å². The number of halogens is 1. The number of hydrogen-bond donors (Lipinski definition) is 3. The number of nitrogens with one attached hydrogen (secondary N) is 1. The van der Waals surface area contributed by atoms with Crippen LogP contribution in [0.25, 0.3) is 0 Å². The Bertz CT molecular complexity index is 674. The number of amides is 1. The van der Waals surface area contributed by atoms with Crippen molar-refractivity contribution in [3.05, 3.63) is 52.3 Å². The van der Waals surface area contributed by atoms with E-state index in [1.165, 1.54) is 12.3 Å². The number of nitrogens with zero attached hydrogens (tertiary/aromatic N) is 2. The molecule has 0 aliphatic heterocycles. The Hall–Kier alpha value is -2.41. The maximum absolute atomic E-state index is 12.0. The van der Waals surface area contributed by atoms with Crippen LogP contribution in [0.1, 0.15) is 16.1 Å². The SMILES string of the molecule is O=C(Nc1cccc(Br)c1)c1nccc(/C=N\O)c1O. The molecule has 3 N–H and O–H groups in total. The van der Waals surface area contributed by atoms with E-state index in [2.05, 4.69) is 31.4 Å². The molecule has 0 unspecified atom stereocenters. The molecule has 0 aliphatic rings. The van der Waals surface area contributed by atoms with Gasteiger partial charge in [-0.3, -0.25) is 4.79 Å². The summed E-state index contributed by atoms with van der Waals surface area (Å²) in [5.41, 5.74) is 0.607. The van der Waals surface area contributed by atoms with E-state index in [1.54, 1.807) is 18.2 Å². The summed E-state index contributed by atoms with van der Waals surface area (Å²) < 4.78 is 0.814. The summed E-state index contributed by atoms with van der Waals surface area (Å²) in [5, 5.41) is 23.8. The molecule has 1 amide bonds. The van der Waals surface area contributed by atoms with Crippen molar-refractivity contribution < 1.29 is 15.1 Å². The van der Waals surface area contributed by atoms with E-state index in [4.69, 9.17) is 5.21 Å². The summed E-state index contributed by atoms with van der Waals surface area (Å²) in [6.07, 6.45) is 2.36. The van der Waals surface area contributed by atoms with Crippen LogP contribution in [0.5, 0.6) is 5.75 Å². The molecule has 102 valence electrons. The van der Waals surface area contributed by atoms with Crippen LogP contribution < -0.4 is 5.32 Å². The summed E-state index contributed by atoms with van der Waals surface area (Å²) in [5.74, 6) is -0.911.